The lowest BCUT2D eigenvalue weighted by atomic mass is 10.0. The van der Waals surface area contributed by atoms with Crippen LogP contribution in [0.5, 0.6) is 0 Å². The van der Waals surface area contributed by atoms with Crippen LogP contribution in [0.1, 0.15) is 34.5 Å². The van der Waals surface area contributed by atoms with Crippen LogP contribution >= 0.6 is 0 Å². The maximum absolute atomic E-state index is 13.4. The molecule has 182 valence electrons. The summed E-state index contributed by atoms with van der Waals surface area (Å²) in [6.07, 6.45) is -0.361. The van der Waals surface area contributed by atoms with E-state index >= 15 is 0 Å². The lowest BCUT2D eigenvalue weighted by molar-refractivity contribution is -0.136. The van der Waals surface area contributed by atoms with Crippen LogP contribution < -0.4 is 16.0 Å². The summed E-state index contributed by atoms with van der Waals surface area (Å²) < 4.78 is 40.3. The Morgan fingerprint density at radius 1 is 1.09 bits per heavy atom. The maximum atomic E-state index is 13.4. The maximum Gasteiger partial charge on any atom is 0.418 e. The molecule has 3 aromatic rings. The number of hydrogen-bond donors (Lipinski definition) is 4. The quantitative estimate of drug-likeness (QED) is 0.411. The molecular weight excluding hydrogens is 459 g/mol. The van der Waals surface area contributed by atoms with Crippen molar-refractivity contribution in [2.24, 2.45) is 0 Å². The third kappa shape index (κ3) is 5.60. The zero-order valence-corrected chi connectivity index (χ0v) is 18.8. The van der Waals surface area contributed by atoms with Crippen LogP contribution in [0.15, 0.2) is 55.3 Å². The molecule has 1 aromatic carbocycles. The van der Waals surface area contributed by atoms with Crippen LogP contribution in [-0.4, -0.2) is 34.9 Å². The highest BCUT2D eigenvalue weighted by atomic mass is 19.4. The third-order valence-corrected chi connectivity index (χ3v) is 5.65. The minimum atomic E-state index is -4.65. The zero-order valence-electron chi connectivity index (χ0n) is 18.8. The number of aromatic amines is 1. The van der Waals surface area contributed by atoms with Gasteiger partial charge in [0.1, 0.15) is 0 Å². The highest BCUT2D eigenvalue weighted by molar-refractivity contribution is 6.00. The molecule has 4 N–H and O–H groups in total. The number of hydrogen-bond acceptors (Lipinski definition) is 4. The molecule has 0 saturated heterocycles. The van der Waals surface area contributed by atoms with Gasteiger partial charge in [0, 0.05) is 41.8 Å². The summed E-state index contributed by atoms with van der Waals surface area (Å²) in [5.41, 5.74) is 2.12. The van der Waals surface area contributed by atoms with Gasteiger partial charge in [-0.15, -0.1) is 0 Å². The number of alkyl halides is 3. The summed E-state index contributed by atoms with van der Waals surface area (Å²) in [7, 11) is 0. The van der Waals surface area contributed by atoms with Gasteiger partial charge in [-0.05, 0) is 55.8 Å². The van der Waals surface area contributed by atoms with Gasteiger partial charge in [-0.2, -0.15) is 13.2 Å². The van der Waals surface area contributed by atoms with Crippen molar-refractivity contribution < 1.29 is 22.8 Å². The van der Waals surface area contributed by atoms with Gasteiger partial charge in [0.15, 0.2) is 0 Å². The van der Waals surface area contributed by atoms with E-state index in [0.29, 0.717) is 41.2 Å². The fourth-order valence-electron chi connectivity index (χ4n) is 3.87. The monoisotopic (exact) mass is 483 g/mol. The molecular formula is C25H24F3N5O2. The number of H-pyrrole nitrogens is 1. The lowest BCUT2D eigenvalue weighted by Gasteiger charge is -2.15. The molecule has 0 saturated carbocycles. The van der Waals surface area contributed by atoms with Crippen molar-refractivity contribution in [2.75, 3.05) is 18.4 Å². The Kier molecular flexibility index (Phi) is 7.02. The number of fused-ring (bicyclic) bond motifs is 1. The van der Waals surface area contributed by atoms with Crippen LogP contribution in [0.4, 0.5) is 18.9 Å². The van der Waals surface area contributed by atoms with Crippen LogP contribution in [0.2, 0.25) is 0 Å². The van der Waals surface area contributed by atoms with Gasteiger partial charge in [0.05, 0.1) is 22.5 Å². The summed E-state index contributed by atoms with van der Waals surface area (Å²) in [6, 6.07) is 8.66. The van der Waals surface area contributed by atoms with E-state index in [-0.39, 0.29) is 11.6 Å². The molecule has 2 amide bonds. The molecule has 0 unspecified atom stereocenters. The number of nitrogens with zero attached hydrogens (tertiary/aromatic N) is 1. The van der Waals surface area contributed by atoms with Crippen molar-refractivity contribution >= 4 is 17.5 Å². The van der Waals surface area contributed by atoms with Crippen molar-refractivity contribution in [3.8, 4) is 22.5 Å². The van der Waals surface area contributed by atoms with Crippen molar-refractivity contribution in [3.63, 3.8) is 0 Å². The van der Waals surface area contributed by atoms with E-state index in [2.05, 4.69) is 32.5 Å². The van der Waals surface area contributed by atoms with Crippen molar-refractivity contribution in [1.29, 1.82) is 0 Å². The summed E-state index contributed by atoms with van der Waals surface area (Å²) >= 11 is 0. The van der Waals surface area contributed by atoms with Crippen molar-refractivity contribution in [1.82, 2.24) is 20.6 Å². The van der Waals surface area contributed by atoms with Gasteiger partial charge in [-0.25, -0.2) is 0 Å². The summed E-state index contributed by atoms with van der Waals surface area (Å²) in [6.45, 7) is 5.22. The third-order valence-electron chi connectivity index (χ3n) is 5.65. The van der Waals surface area contributed by atoms with Crippen molar-refractivity contribution in [2.45, 2.75) is 25.6 Å². The molecule has 0 fully saturated rings. The molecule has 1 aliphatic rings. The predicted molar refractivity (Wildman–Crippen MR) is 127 cm³/mol. The van der Waals surface area contributed by atoms with E-state index in [0.717, 1.165) is 37.2 Å². The number of nitrogens with one attached hydrogen (secondary N) is 4. The number of carbonyl (C=O) groups is 2. The van der Waals surface area contributed by atoms with Gasteiger partial charge in [0.2, 0.25) is 5.91 Å². The minimum absolute atomic E-state index is 0.161. The lowest BCUT2D eigenvalue weighted by Crippen LogP contribution is -2.28. The Bertz CT molecular complexity index is 1270. The van der Waals surface area contributed by atoms with Gasteiger partial charge < -0.3 is 20.9 Å². The number of amides is 2. The second-order valence-corrected chi connectivity index (χ2v) is 8.10. The van der Waals surface area contributed by atoms with Crippen LogP contribution in [0.25, 0.3) is 22.5 Å². The number of carbonyl (C=O) groups excluding carboxylic acids is 2. The summed E-state index contributed by atoms with van der Waals surface area (Å²) in [5, 5.41) is 8.46. The summed E-state index contributed by atoms with van der Waals surface area (Å²) in [5.74, 6) is -0.914. The van der Waals surface area contributed by atoms with Crippen molar-refractivity contribution in [3.05, 3.63) is 72.1 Å². The molecule has 7 nitrogen and oxygen atoms in total. The van der Waals surface area contributed by atoms with Gasteiger partial charge in [-0.3, -0.25) is 14.6 Å². The first-order valence-corrected chi connectivity index (χ1v) is 11.1. The SMILES string of the molecule is C=CC(=O)Nc1cc(-c2cc(-c3cc4c([nH]3)CNCCCCNC4=O)ccn2)ccc1C(F)(F)F. The summed E-state index contributed by atoms with van der Waals surface area (Å²) in [4.78, 5) is 31.9. The van der Waals surface area contributed by atoms with E-state index < -0.39 is 17.6 Å². The number of pyridine rings is 1. The normalized spacial score (nSPS) is 14.5. The first-order valence-electron chi connectivity index (χ1n) is 11.1. The smallest absolute Gasteiger partial charge is 0.357 e. The van der Waals surface area contributed by atoms with E-state index in [1.807, 2.05) is 0 Å². The van der Waals surface area contributed by atoms with Crippen LogP contribution in [0, 0.1) is 0 Å². The number of benzene rings is 1. The predicted octanol–water partition coefficient (Wildman–Crippen LogP) is 4.50. The highest BCUT2D eigenvalue weighted by Gasteiger charge is 2.34. The molecule has 10 heteroatoms. The number of rotatable bonds is 4. The Hall–Kier alpha value is -3.92. The first-order chi connectivity index (χ1) is 16.8. The Morgan fingerprint density at radius 2 is 1.89 bits per heavy atom. The van der Waals surface area contributed by atoms with E-state index in [1.165, 1.54) is 18.3 Å². The molecule has 3 heterocycles. The molecule has 0 atom stereocenters. The molecule has 0 aliphatic carbocycles. The van der Waals surface area contributed by atoms with Gasteiger partial charge in [0.25, 0.3) is 5.91 Å². The Morgan fingerprint density at radius 3 is 2.66 bits per heavy atom. The number of aromatic nitrogens is 2. The number of halogens is 3. The average Bonchev–Trinajstić information content (AvgIpc) is 3.27. The second kappa shape index (κ2) is 10.1. The minimum Gasteiger partial charge on any atom is -0.357 e. The standard InChI is InChI=1S/C25H24F3N5O2/c1-2-23(34)33-21-12-15(5-6-18(21)25(26,27)28)19-11-16(7-10-30-19)20-13-17-22(32-20)14-29-8-3-4-9-31-24(17)35/h2,5-7,10-13,29,32H,1,3-4,8-9,14H2,(H,31,35)(H,33,34). The Labute approximate surface area is 199 Å². The molecule has 0 radical (unpaired) electrons. The fourth-order valence-corrected chi connectivity index (χ4v) is 3.87. The Balaban J connectivity index is 1.70. The molecule has 2 aromatic heterocycles. The molecule has 0 spiro atoms. The number of anilines is 1. The van der Waals surface area contributed by atoms with E-state index in [9.17, 15) is 22.8 Å². The second-order valence-electron chi connectivity index (χ2n) is 8.10. The topological polar surface area (TPSA) is 98.9 Å². The average molecular weight is 483 g/mol. The molecule has 1 aliphatic heterocycles. The first kappa shape index (κ1) is 24.2. The van der Waals surface area contributed by atoms with Gasteiger partial charge in [-0.1, -0.05) is 12.6 Å². The van der Waals surface area contributed by atoms with E-state index in [1.54, 1.807) is 18.2 Å². The van der Waals surface area contributed by atoms with E-state index in [4.69, 9.17) is 0 Å². The van der Waals surface area contributed by atoms with Crippen LogP contribution in [-0.2, 0) is 17.5 Å². The molecule has 4 rings (SSSR count). The zero-order chi connectivity index (χ0) is 25.0. The van der Waals surface area contributed by atoms with Gasteiger partial charge >= 0.3 is 6.18 Å². The molecule has 35 heavy (non-hydrogen) atoms. The highest BCUT2D eigenvalue weighted by Crippen LogP contribution is 2.37. The molecule has 0 bridgehead atoms. The van der Waals surface area contributed by atoms with Crippen LogP contribution in [0.3, 0.4) is 0 Å². The fraction of sp³-hybridized carbons (Fsp3) is 0.240. The largest absolute Gasteiger partial charge is 0.418 e.